The first-order valence-electron chi connectivity index (χ1n) is 7.84. The Morgan fingerprint density at radius 2 is 2.04 bits per heavy atom. The van der Waals surface area contributed by atoms with E-state index in [1.165, 1.54) is 6.26 Å². The molecule has 1 aliphatic heterocycles. The van der Waals surface area contributed by atoms with Crippen LogP contribution in [0.3, 0.4) is 0 Å². The number of nitrogens with zero attached hydrogens (tertiary/aromatic N) is 1. The maximum Gasteiger partial charge on any atom is 0.315 e. The zero-order valence-corrected chi connectivity index (χ0v) is 13.1. The van der Waals surface area contributed by atoms with E-state index in [1.807, 2.05) is 18.2 Å². The number of hydrogen-bond acceptors (Lipinski definition) is 4. The monoisotopic (exact) mass is 327 g/mol. The van der Waals surface area contributed by atoms with Crippen LogP contribution in [-0.4, -0.2) is 30.6 Å². The van der Waals surface area contributed by atoms with E-state index >= 15 is 0 Å². The molecule has 1 fully saturated rings. The van der Waals surface area contributed by atoms with Gasteiger partial charge in [0.05, 0.1) is 19.3 Å². The summed E-state index contributed by atoms with van der Waals surface area (Å²) in [6.07, 6.45) is 2.17. The van der Waals surface area contributed by atoms with Gasteiger partial charge in [0, 0.05) is 12.2 Å². The van der Waals surface area contributed by atoms with Gasteiger partial charge in [-0.15, -0.1) is 0 Å². The predicted octanol–water partition coefficient (Wildman–Crippen LogP) is 2.29. The minimum Gasteiger partial charge on any atom is -0.497 e. The van der Waals surface area contributed by atoms with Crippen molar-refractivity contribution in [2.75, 3.05) is 18.6 Å². The van der Waals surface area contributed by atoms with Crippen molar-refractivity contribution < 1.29 is 23.8 Å². The summed E-state index contributed by atoms with van der Waals surface area (Å²) in [5, 5.41) is 9.65. The molecular formula is C18H17NO5. The molecule has 6 nitrogen and oxygen atoms in total. The fraction of sp³-hybridized carbons (Fsp3) is 0.333. The van der Waals surface area contributed by atoms with E-state index < -0.39 is 17.8 Å². The normalized spacial score (nSPS) is 25.3. The fourth-order valence-electron chi connectivity index (χ4n) is 3.92. The molecule has 24 heavy (non-hydrogen) atoms. The number of methoxy groups -OCH3 is 1. The molecule has 0 spiro atoms. The Morgan fingerprint density at radius 1 is 1.29 bits per heavy atom. The number of carbonyl (C=O) groups excluding carboxylic acids is 1. The number of fused-ring (bicyclic) bond motifs is 2. The molecule has 0 unspecified atom stereocenters. The molecule has 1 aromatic carbocycles. The van der Waals surface area contributed by atoms with E-state index in [9.17, 15) is 14.7 Å². The highest BCUT2D eigenvalue weighted by Gasteiger charge is 2.52. The van der Waals surface area contributed by atoms with Gasteiger partial charge in [-0.1, -0.05) is 0 Å². The van der Waals surface area contributed by atoms with Gasteiger partial charge in [0.15, 0.2) is 0 Å². The van der Waals surface area contributed by atoms with Crippen molar-refractivity contribution in [3.05, 3.63) is 47.9 Å². The van der Waals surface area contributed by atoms with Gasteiger partial charge in [-0.3, -0.25) is 9.59 Å². The van der Waals surface area contributed by atoms with Gasteiger partial charge >= 0.3 is 5.97 Å². The lowest BCUT2D eigenvalue weighted by molar-refractivity contribution is -0.144. The highest BCUT2D eigenvalue weighted by atomic mass is 16.5. The summed E-state index contributed by atoms with van der Waals surface area (Å²) < 4.78 is 10.5. The fourth-order valence-corrected chi connectivity index (χ4v) is 3.92. The SMILES string of the molecule is COc1ccc(N2C[C@H]3Cc4ccoc4[C@H](C(=O)O)[C@@H]3C2=O)cc1. The van der Waals surface area contributed by atoms with Crippen molar-refractivity contribution in [2.45, 2.75) is 12.3 Å². The van der Waals surface area contributed by atoms with E-state index in [4.69, 9.17) is 9.15 Å². The van der Waals surface area contributed by atoms with E-state index in [-0.39, 0.29) is 11.8 Å². The summed E-state index contributed by atoms with van der Waals surface area (Å²) in [5.74, 6) is -1.54. The van der Waals surface area contributed by atoms with Crippen LogP contribution in [0.2, 0.25) is 0 Å². The summed E-state index contributed by atoms with van der Waals surface area (Å²) in [7, 11) is 1.59. The number of carbonyl (C=O) groups is 2. The maximum atomic E-state index is 12.9. The van der Waals surface area contributed by atoms with Gasteiger partial charge in [-0.2, -0.15) is 0 Å². The van der Waals surface area contributed by atoms with Crippen molar-refractivity contribution in [2.24, 2.45) is 11.8 Å². The molecule has 3 atom stereocenters. The number of amides is 1. The molecule has 6 heteroatoms. The molecule has 2 heterocycles. The third-order valence-corrected chi connectivity index (χ3v) is 5.03. The lowest BCUT2D eigenvalue weighted by atomic mass is 9.73. The summed E-state index contributed by atoms with van der Waals surface area (Å²) in [6, 6.07) is 9.04. The van der Waals surface area contributed by atoms with Crippen LogP contribution in [0.5, 0.6) is 5.75 Å². The minimum absolute atomic E-state index is 0.0224. The number of furan rings is 1. The lowest BCUT2D eigenvalue weighted by Gasteiger charge is -2.27. The van der Waals surface area contributed by atoms with Crippen LogP contribution < -0.4 is 9.64 Å². The van der Waals surface area contributed by atoms with E-state index in [1.54, 1.807) is 24.1 Å². The first kappa shape index (κ1) is 14.8. The number of benzene rings is 1. The Kier molecular flexibility index (Phi) is 3.33. The van der Waals surface area contributed by atoms with Crippen molar-refractivity contribution >= 4 is 17.6 Å². The van der Waals surface area contributed by atoms with Crippen molar-refractivity contribution in [3.8, 4) is 5.75 Å². The topological polar surface area (TPSA) is 80.0 Å². The lowest BCUT2D eigenvalue weighted by Crippen LogP contribution is -2.35. The summed E-state index contributed by atoms with van der Waals surface area (Å²) in [5.41, 5.74) is 1.66. The summed E-state index contributed by atoms with van der Waals surface area (Å²) in [6.45, 7) is 0.518. The quantitative estimate of drug-likeness (QED) is 0.935. The molecule has 1 aliphatic carbocycles. The molecule has 1 amide bonds. The second-order valence-electron chi connectivity index (χ2n) is 6.26. The number of hydrogen-bond donors (Lipinski definition) is 1. The van der Waals surface area contributed by atoms with Crippen LogP contribution in [0.4, 0.5) is 5.69 Å². The highest BCUT2D eigenvalue weighted by molar-refractivity contribution is 6.01. The zero-order valence-electron chi connectivity index (χ0n) is 13.1. The number of rotatable bonds is 3. The van der Waals surface area contributed by atoms with E-state index in [0.717, 1.165) is 11.3 Å². The predicted molar refractivity (Wildman–Crippen MR) is 85.1 cm³/mol. The number of carboxylic acid groups (broad SMARTS) is 1. The van der Waals surface area contributed by atoms with E-state index in [0.29, 0.717) is 24.5 Å². The summed E-state index contributed by atoms with van der Waals surface area (Å²) in [4.78, 5) is 26.4. The second kappa shape index (κ2) is 5.40. The first-order chi connectivity index (χ1) is 11.6. The molecule has 124 valence electrons. The maximum absolute atomic E-state index is 12.9. The van der Waals surface area contributed by atoms with Gasteiger partial charge in [0.2, 0.25) is 5.91 Å². The average Bonchev–Trinajstić information content (AvgIpc) is 3.17. The molecule has 2 aromatic rings. The molecule has 1 N–H and O–H groups in total. The Labute approximate surface area is 138 Å². The van der Waals surface area contributed by atoms with Crippen LogP contribution in [0.15, 0.2) is 41.0 Å². The Hall–Kier alpha value is -2.76. The van der Waals surface area contributed by atoms with Crippen molar-refractivity contribution in [3.63, 3.8) is 0 Å². The molecule has 4 rings (SSSR count). The van der Waals surface area contributed by atoms with E-state index in [2.05, 4.69) is 0 Å². The zero-order chi connectivity index (χ0) is 16.8. The van der Waals surface area contributed by atoms with Crippen LogP contribution >= 0.6 is 0 Å². The van der Waals surface area contributed by atoms with Crippen LogP contribution in [0, 0.1) is 11.8 Å². The molecule has 0 radical (unpaired) electrons. The number of ether oxygens (including phenoxy) is 1. The minimum atomic E-state index is -1.01. The highest BCUT2D eigenvalue weighted by Crippen LogP contribution is 2.46. The molecule has 0 saturated carbocycles. The van der Waals surface area contributed by atoms with Gasteiger partial charge in [-0.25, -0.2) is 0 Å². The van der Waals surface area contributed by atoms with Gasteiger partial charge in [-0.05, 0) is 48.2 Å². The van der Waals surface area contributed by atoms with Crippen LogP contribution in [0.25, 0.3) is 0 Å². The molecule has 2 aliphatic rings. The third-order valence-electron chi connectivity index (χ3n) is 5.03. The Bertz CT molecular complexity index is 794. The van der Waals surface area contributed by atoms with Gasteiger partial charge < -0.3 is 19.2 Å². The Balaban J connectivity index is 1.69. The number of anilines is 1. The first-order valence-corrected chi connectivity index (χ1v) is 7.84. The number of carboxylic acids is 1. The molecule has 1 saturated heterocycles. The summed E-state index contributed by atoms with van der Waals surface area (Å²) >= 11 is 0. The standard InChI is InChI=1S/C18H17NO5/c1-23-13-4-2-12(3-5-13)19-9-11-8-10-6-7-24-16(10)15(18(21)22)14(11)17(19)20/h2-7,11,14-15H,8-9H2,1H3,(H,21,22)/t11-,14-,15-/m1/s1. The van der Waals surface area contributed by atoms with Gasteiger partial charge in [0.25, 0.3) is 0 Å². The third kappa shape index (κ3) is 2.10. The molecular weight excluding hydrogens is 310 g/mol. The van der Waals surface area contributed by atoms with Crippen molar-refractivity contribution in [1.29, 1.82) is 0 Å². The number of aliphatic carboxylic acids is 1. The van der Waals surface area contributed by atoms with Gasteiger partial charge in [0.1, 0.15) is 17.4 Å². The van der Waals surface area contributed by atoms with Crippen molar-refractivity contribution in [1.82, 2.24) is 0 Å². The largest absolute Gasteiger partial charge is 0.497 e. The molecule has 0 bridgehead atoms. The Morgan fingerprint density at radius 3 is 2.71 bits per heavy atom. The molecule has 1 aromatic heterocycles. The second-order valence-corrected chi connectivity index (χ2v) is 6.26. The smallest absolute Gasteiger partial charge is 0.315 e. The average molecular weight is 327 g/mol. The van der Waals surface area contributed by atoms with Crippen LogP contribution in [0.1, 0.15) is 17.2 Å². The van der Waals surface area contributed by atoms with Crippen LogP contribution in [-0.2, 0) is 16.0 Å².